The first-order valence-electron chi connectivity index (χ1n) is 5.96. The molecule has 0 saturated carbocycles. The highest BCUT2D eigenvalue weighted by Gasteiger charge is 2.17. The quantitative estimate of drug-likeness (QED) is 0.793. The third-order valence-electron chi connectivity index (χ3n) is 2.69. The van der Waals surface area contributed by atoms with Gasteiger partial charge in [0.2, 0.25) is 10.0 Å². The van der Waals surface area contributed by atoms with Crippen LogP contribution in [0.5, 0.6) is 0 Å². The Bertz CT molecular complexity index is 544. The average molecular weight is 304 g/mol. The molecule has 2 unspecified atom stereocenters. The Morgan fingerprint density at radius 2 is 1.95 bits per heavy atom. The first-order chi connectivity index (χ1) is 8.86. The Hall–Kier alpha value is -0.920. The second kappa shape index (κ2) is 7.02. The molecule has 0 spiro atoms. The molecule has 19 heavy (non-hydrogen) atoms. The van der Waals surface area contributed by atoms with E-state index < -0.39 is 20.8 Å². The number of benzene rings is 1. The van der Waals surface area contributed by atoms with Crippen LogP contribution in [0.3, 0.4) is 0 Å². The van der Waals surface area contributed by atoms with Gasteiger partial charge in [0.05, 0.1) is 5.69 Å². The zero-order valence-corrected chi connectivity index (χ0v) is 13.0. The molecule has 0 heterocycles. The van der Waals surface area contributed by atoms with Crippen molar-refractivity contribution in [2.75, 3.05) is 24.4 Å². The van der Waals surface area contributed by atoms with Gasteiger partial charge >= 0.3 is 0 Å². The summed E-state index contributed by atoms with van der Waals surface area (Å²) < 4.78 is 37.1. The molecule has 0 aromatic heterocycles. The Morgan fingerprint density at radius 1 is 1.32 bits per heavy atom. The highest BCUT2D eigenvalue weighted by atomic mass is 32.2. The molecule has 108 valence electrons. The second-order valence-corrected chi connectivity index (χ2v) is 7.72. The van der Waals surface area contributed by atoms with Crippen LogP contribution < -0.4 is 10.0 Å². The van der Waals surface area contributed by atoms with Crippen molar-refractivity contribution in [2.45, 2.75) is 24.3 Å². The maximum Gasteiger partial charge on any atom is 0.242 e. The largest absolute Gasteiger partial charge is 0.381 e. The molecule has 0 aliphatic heterocycles. The highest BCUT2D eigenvalue weighted by Crippen LogP contribution is 2.21. The van der Waals surface area contributed by atoms with Crippen molar-refractivity contribution in [2.24, 2.45) is 0 Å². The van der Waals surface area contributed by atoms with Crippen molar-refractivity contribution in [1.82, 2.24) is 4.72 Å². The van der Waals surface area contributed by atoms with Gasteiger partial charge in [-0.3, -0.25) is 4.21 Å². The fraction of sp³-hybridized carbons (Fsp3) is 0.500. The van der Waals surface area contributed by atoms with Crippen LogP contribution in [-0.2, 0) is 20.8 Å². The molecule has 5 nitrogen and oxygen atoms in total. The molecule has 0 aliphatic rings. The number of sulfonamides is 1. The van der Waals surface area contributed by atoms with E-state index in [4.69, 9.17) is 0 Å². The van der Waals surface area contributed by atoms with E-state index in [-0.39, 0.29) is 10.9 Å². The summed E-state index contributed by atoms with van der Waals surface area (Å²) in [5, 5.41) is 3.15. The molecule has 7 heteroatoms. The number of hydrogen-bond acceptors (Lipinski definition) is 4. The minimum Gasteiger partial charge on any atom is -0.381 e. The molecule has 1 aromatic rings. The molecule has 1 aromatic carbocycles. The van der Waals surface area contributed by atoms with Crippen molar-refractivity contribution in [3.05, 3.63) is 24.3 Å². The van der Waals surface area contributed by atoms with Crippen molar-refractivity contribution in [3.63, 3.8) is 0 Å². The number of nitrogens with one attached hydrogen (secondary N) is 2. The first-order valence-corrected chi connectivity index (χ1v) is 9.17. The molecule has 0 amide bonds. The van der Waals surface area contributed by atoms with E-state index in [1.807, 2.05) is 6.92 Å². The number of hydrogen-bond donors (Lipinski definition) is 2. The van der Waals surface area contributed by atoms with E-state index in [1.165, 1.54) is 7.05 Å². The van der Waals surface area contributed by atoms with Crippen molar-refractivity contribution >= 4 is 26.5 Å². The summed E-state index contributed by atoms with van der Waals surface area (Å²) in [6, 6.07) is 6.79. The van der Waals surface area contributed by atoms with E-state index in [0.29, 0.717) is 11.4 Å². The molecule has 0 saturated heterocycles. The second-order valence-electron chi connectivity index (χ2n) is 4.32. The number of rotatable bonds is 7. The Morgan fingerprint density at radius 3 is 2.53 bits per heavy atom. The van der Waals surface area contributed by atoms with E-state index in [9.17, 15) is 12.6 Å². The lowest BCUT2D eigenvalue weighted by Gasteiger charge is -2.17. The number of anilines is 1. The minimum atomic E-state index is -3.48. The van der Waals surface area contributed by atoms with Gasteiger partial charge < -0.3 is 5.32 Å². The molecule has 0 radical (unpaired) electrons. The Labute approximate surface area is 117 Å². The Kier molecular flexibility index (Phi) is 5.96. The zero-order valence-electron chi connectivity index (χ0n) is 11.3. The van der Waals surface area contributed by atoms with Gasteiger partial charge in [0, 0.05) is 28.9 Å². The normalized spacial score (nSPS) is 14.9. The van der Waals surface area contributed by atoms with Gasteiger partial charge in [0.15, 0.2) is 0 Å². The van der Waals surface area contributed by atoms with Gasteiger partial charge in [0.1, 0.15) is 4.90 Å². The van der Waals surface area contributed by atoms with E-state index >= 15 is 0 Å². The minimum absolute atomic E-state index is 0.0529. The molecular weight excluding hydrogens is 284 g/mol. The van der Waals surface area contributed by atoms with Crippen LogP contribution in [0.4, 0.5) is 5.69 Å². The van der Waals surface area contributed by atoms with Crippen molar-refractivity contribution in [1.29, 1.82) is 0 Å². The fourth-order valence-corrected chi connectivity index (χ4v) is 3.19. The summed E-state index contributed by atoms with van der Waals surface area (Å²) in [5.74, 6) is 0.592. The first kappa shape index (κ1) is 16.1. The molecule has 0 fully saturated rings. The van der Waals surface area contributed by atoms with Crippen molar-refractivity contribution < 1.29 is 12.6 Å². The van der Waals surface area contributed by atoms with Crippen LogP contribution in [0.2, 0.25) is 0 Å². The smallest absolute Gasteiger partial charge is 0.242 e. The summed E-state index contributed by atoms with van der Waals surface area (Å²) in [7, 11) is -2.93. The van der Waals surface area contributed by atoms with E-state index in [1.54, 1.807) is 30.5 Å². The summed E-state index contributed by atoms with van der Waals surface area (Å²) >= 11 is 0. The summed E-state index contributed by atoms with van der Waals surface area (Å²) in [4.78, 5) is 0.224. The van der Waals surface area contributed by atoms with Crippen LogP contribution in [0.15, 0.2) is 29.2 Å². The molecule has 1 rings (SSSR count). The fourth-order valence-electron chi connectivity index (χ4n) is 1.61. The third kappa shape index (κ3) is 4.93. The van der Waals surface area contributed by atoms with Crippen LogP contribution in [0.1, 0.15) is 13.3 Å². The summed E-state index contributed by atoms with van der Waals surface area (Å²) in [5.41, 5.74) is 0.561. The van der Waals surface area contributed by atoms with Crippen LogP contribution in [-0.4, -0.2) is 37.7 Å². The maximum absolute atomic E-state index is 11.9. The average Bonchev–Trinajstić information content (AvgIpc) is 2.37. The Balaban J connectivity index is 2.87. The number of para-hydroxylation sites is 1. The van der Waals surface area contributed by atoms with Crippen LogP contribution in [0.25, 0.3) is 0 Å². The van der Waals surface area contributed by atoms with Gasteiger partial charge in [-0.25, -0.2) is 13.1 Å². The molecule has 2 N–H and O–H groups in total. The van der Waals surface area contributed by atoms with Crippen LogP contribution >= 0.6 is 0 Å². The SMILES string of the molecule is CNS(=O)(=O)c1ccccc1NC(C)CCS(C)=O. The van der Waals surface area contributed by atoms with Gasteiger partial charge in [-0.2, -0.15) is 0 Å². The predicted octanol–water partition coefficient (Wildman–Crippen LogP) is 1.16. The monoisotopic (exact) mass is 304 g/mol. The lowest BCUT2D eigenvalue weighted by atomic mass is 10.2. The summed E-state index contributed by atoms with van der Waals surface area (Å²) in [6.45, 7) is 1.94. The highest BCUT2D eigenvalue weighted by molar-refractivity contribution is 7.89. The molecule has 0 bridgehead atoms. The summed E-state index contributed by atoms with van der Waals surface area (Å²) in [6.07, 6.45) is 2.38. The van der Waals surface area contributed by atoms with E-state index in [0.717, 1.165) is 6.42 Å². The van der Waals surface area contributed by atoms with Crippen molar-refractivity contribution in [3.8, 4) is 0 Å². The van der Waals surface area contributed by atoms with Gasteiger partial charge in [0.25, 0.3) is 0 Å². The van der Waals surface area contributed by atoms with Gasteiger partial charge in [-0.1, -0.05) is 12.1 Å². The lowest BCUT2D eigenvalue weighted by molar-refractivity contribution is 0.588. The zero-order chi connectivity index (χ0) is 14.5. The van der Waals surface area contributed by atoms with Gasteiger partial charge in [-0.15, -0.1) is 0 Å². The maximum atomic E-state index is 11.9. The molecular formula is C12H20N2O3S2. The predicted molar refractivity (Wildman–Crippen MR) is 79.3 cm³/mol. The van der Waals surface area contributed by atoms with Gasteiger partial charge in [-0.05, 0) is 32.5 Å². The molecule has 2 atom stereocenters. The lowest BCUT2D eigenvalue weighted by Crippen LogP contribution is -2.23. The van der Waals surface area contributed by atoms with E-state index in [2.05, 4.69) is 10.0 Å². The molecule has 0 aliphatic carbocycles. The standard InChI is InChI=1S/C12H20N2O3S2/c1-10(8-9-18(3)15)14-11-6-4-5-7-12(11)19(16,17)13-2/h4-7,10,13-14H,8-9H2,1-3H3. The third-order valence-corrected chi connectivity index (χ3v) is 4.97. The van der Waals surface area contributed by atoms with Crippen LogP contribution in [0, 0.1) is 0 Å². The topological polar surface area (TPSA) is 75.3 Å².